The van der Waals surface area contributed by atoms with Gasteiger partial charge < -0.3 is 19.6 Å². The molecular weight excluding hydrogens is 282 g/mol. The zero-order chi connectivity index (χ0) is 15.9. The highest BCUT2D eigenvalue weighted by Crippen LogP contribution is 2.12. The number of nitrogens with one attached hydrogen (secondary N) is 2. The number of carbonyl (C=O) groups is 1. The number of fused-ring (bicyclic) bond motifs is 1. The maximum Gasteiger partial charge on any atom is 0.323 e. The Morgan fingerprint density at radius 1 is 1.27 bits per heavy atom. The first-order valence-corrected chi connectivity index (χ1v) is 7.56. The lowest BCUT2D eigenvalue weighted by Gasteiger charge is -2.17. The van der Waals surface area contributed by atoms with Gasteiger partial charge >= 0.3 is 5.69 Å². The molecule has 0 radical (unpaired) electrons. The van der Waals surface area contributed by atoms with Crippen molar-refractivity contribution in [1.29, 1.82) is 0 Å². The Balaban J connectivity index is 1.85. The largest absolute Gasteiger partial charge is 0.381 e. The molecule has 120 valence electrons. The number of amides is 1. The van der Waals surface area contributed by atoms with Crippen molar-refractivity contribution in [3.8, 4) is 0 Å². The molecule has 0 aliphatic rings. The third kappa shape index (κ3) is 4.73. The van der Waals surface area contributed by atoms with Gasteiger partial charge in [-0.25, -0.2) is 4.79 Å². The highest BCUT2D eigenvalue weighted by Gasteiger charge is 2.05. The average molecular weight is 305 g/mol. The van der Waals surface area contributed by atoms with E-state index in [2.05, 4.69) is 23.8 Å². The molecule has 0 unspecified atom stereocenters. The molecule has 0 saturated carbocycles. The smallest absolute Gasteiger partial charge is 0.323 e. The quantitative estimate of drug-likeness (QED) is 0.548. The molecule has 0 saturated heterocycles. The van der Waals surface area contributed by atoms with Crippen molar-refractivity contribution in [2.75, 3.05) is 19.8 Å². The summed E-state index contributed by atoms with van der Waals surface area (Å²) in [5.74, 6) is 0.525. The molecule has 2 N–H and O–H groups in total. The monoisotopic (exact) mass is 305 g/mol. The van der Waals surface area contributed by atoms with Crippen LogP contribution in [0.15, 0.2) is 23.0 Å². The van der Waals surface area contributed by atoms with E-state index in [9.17, 15) is 9.59 Å². The first-order valence-electron chi connectivity index (χ1n) is 7.56. The van der Waals surface area contributed by atoms with Gasteiger partial charge in [0.15, 0.2) is 0 Å². The lowest BCUT2D eigenvalue weighted by molar-refractivity contribution is -0.118. The number of ether oxygens (including phenoxy) is 1. The lowest BCUT2D eigenvalue weighted by Crippen LogP contribution is -2.23. The second kappa shape index (κ2) is 7.79. The van der Waals surface area contributed by atoms with Gasteiger partial charge in [0, 0.05) is 26.3 Å². The highest BCUT2D eigenvalue weighted by atomic mass is 16.5. The zero-order valence-corrected chi connectivity index (χ0v) is 13.1. The summed E-state index contributed by atoms with van der Waals surface area (Å²) >= 11 is 0. The average Bonchev–Trinajstić information content (AvgIpc) is 2.84. The molecule has 1 aromatic carbocycles. The number of rotatable bonds is 9. The Morgan fingerprint density at radius 2 is 2.05 bits per heavy atom. The number of nitrogens with zero attached hydrogens (tertiary/aromatic N) is 1. The van der Waals surface area contributed by atoms with Crippen LogP contribution in [0.5, 0.6) is 0 Å². The molecule has 22 heavy (non-hydrogen) atoms. The van der Waals surface area contributed by atoms with Gasteiger partial charge in [-0.3, -0.25) is 4.79 Å². The van der Waals surface area contributed by atoms with E-state index < -0.39 is 0 Å². The summed E-state index contributed by atoms with van der Waals surface area (Å²) in [7, 11) is 0. The van der Waals surface area contributed by atoms with Crippen LogP contribution in [0.1, 0.15) is 25.8 Å². The number of aromatic amines is 2. The summed E-state index contributed by atoms with van der Waals surface area (Å²) < 4.78 is 5.51. The Hall–Kier alpha value is -2.08. The van der Waals surface area contributed by atoms with Crippen LogP contribution >= 0.6 is 0 Å². The fourth-order valence-corrected chi connectivity index (χ4v) is 2.27. The van der Waals surface area contributed by atoms with Crippen molar-refractivity contribution in [3.63, 3.8) is 0 Å². The van der Waals surface area contributed by atoms with Crippen molar-refractivity contribution in [1.82, 2.24) is 14.9 Å². The van der Waals surface area contributed by atoms with Gasteiger partial charge in [-0.2, -0.15) is 0 Å². The number of benzene rings is 1. The summed E-state index contributed by atoms with van der Waals surface area (Å²) in [6.45, 7) is 6.81. The molecule has 0 aliphatic heterocycles. The Morgan fingerprint density at radius 3 is 2.77 bits per heavy atom. The van der Waals surface area contributed by atoms with Gasteiger partial charge in [-0.05, 0) is 30.0 Å². The van der Waals surface area contributed by atoms with Crippen LogP contribution in [0.25, 0.3) is 11.0 Å². The number of hydrogen-bond donors (Lipinski definition) is 2. The number of carbonyl (C=O) groups excluding carboxylic acids is 1. The van der Waals surface area contributed by atoms with Gasteiger partial charge in [0.2, 0.25) is 6.41 Å². The summed E-state index contributed by atoms with van der Waals surface area (Å²) in [5, 5.41) is 0. The van der Waals surface area contributed by atoms with Crippen molar-refractivity contribution < 1.29 is 9.53 Å². The summed E-state index contributed by atoms with van der Waals surface area (Å²) in [5.41, 5.74) is 2.29. The van der Waals surface area contributed by atoms with Gasteiger partial charge in [0.1, 0.15) is 0 Å². The van der Waals surface area contributed by atoms with Crippen LogP contribution in [-0.2, 0) is 16.1 Å². The maximum atomic E-state index is 11.2. The molecule has 2 aromatic rings. The number of aromatic nitrogens is 2. The zero-order valence-electron chi connectivity index (χ0n) is 13.1. The topological polar surface area (TPSA) is 78.2 Å². The van der Waals surface area contributed by atoms with Crippen LogP contribution in [0, 0.1) is 5.92 Å². The van der Waals surface area contributed by atoms with Gasteiger partial charge in [-0.15, -0.1) is 0 Å². The van der Waals surface area contributed by atoms with Crippen LogP contribution in [0.3, 0.4) is 0 Å². The summed E-state index contributed by atoms with van der Waals surface area (Å²) in [4.78, 5) is 29.5. The van der Waals surface area contributed by atoms with Crippen molar-refractivity contribution in [2.24, 2.45) is 5.92 Å². The fraction of sp³-hybridized carbons (Fsp3) is 0.500. The SMILES string of the molecule is CC(C)COCCCN(C=O)Cc1ccc2[nH]c(=O)[nH]c2c1. The second-order valence-corrected chi connectivity index (χ2v) is 5.86. The van der Waals surface area contributed by atoms with Crippen molar-refractivity contribution in [2.45, 2.75) is 26.8 Å². The van der Waals surface area contributed by atoms with E-state index >= 15 is 0 Å². The van der Waals surface area contributed by atoms with E-state index in [4.69, 9.17) is 4.74 Å². The van der Waals surface area contributed by atoms with E-state index in [0.29, 0.717) is 25.6 Å². The normalized spacial score (nSPS) is 11.2. The minimum atomic E-state index is -0.221. The molecule has 2 rings (SSSR count). The van der Waals surface area contributed by atoms with Gasteiger partial charge in [0.25, 0.3) is 0 Å². The number of hydrogen-bond acceptors (Lipinski definition) is 3. The molecule has 1 amide bonds. The molecule has 0 fully saturated rings. The molecule has 1 aromatic heterocycles. The summed E-state index contributed by atoms with van der Waals surface area (Å²) in [6, 6.07) is 5.65. The third-order valence-corrected chi connectivity index (χ3v) is 3.30. The lowest BCUT2D eigenvalue weighted by atomic mass is 10.2. The molecule has 6 heteroatoms. The number of imidazole rings is 1. The molecular formula is C16H23N3O3. The van der Waals surface area contributed by atoms with Gasteiger partial charge in [0.05, 0.1) is 11.0 Å². The third-order valence-electron chi connectivity index (χ3n) is 3.30. The molecule has 1 heterocycles. The molecule has 0 bridgehead atoms. The highest BCUT2D eigenvalue weighted by molar-refractivity contribution is 5.75. The van der Waals surface area contributed by atoms with Crippen LogP contribution in [-0.4, -0.2) is 41.0 Å². The van der Waals surface area contributed by atoms with E-state index in [1.165, 1.54) is 0 Å². The molecule has 0 aliphatic carbocycles. The summed E-state index contributed by atoms with van der Waals surface area (Å²) in [6.07, 6.45) is 1.67. The minimum absolute atomic E-state index is 0.221. The number of H-pyrrole nitrogens is 2. The Labute approximate surface area is 129 Å². The predicted octanol–water partition coefficient (Wildman–Crippen LogP) is 1.88. The van der Waals surface area contributed by atoms with Crippen LogP contribution in [0.2, 0.25) is 0 Å². The van der Waals surface area contributed by atoms with Crippen LogP contribution < -0.4 is 5.69 Å². The van der Waals surface area contributed by atoms with E-state index in [-0.39, 0.29) is 5.69 Å². The first kappa shape index (κ1) is 16.3. The van der Waals surface area contributed by atoms with Gasteiger partial charge in [-0.1, -0.05) is 19.9 Å². The fourth-order valence-electron chi connectivity index (χ4n) is 2.27. The minimum Gasteiger partial charge on any atom is -0.381 e. The Kier molecular flexibility index (Phi) is 5.77. The maximum absolute atomic E-state index is 11.2. The molecule has 0 atom stereocenters. The van der Waals surface area contributed by atoms with E-state index in [0.717, 1.165) is 36.0 Å². The van der Waals surface area contributed by atoms with Crippen molar-refractivity contribution >= 4 is 17.4 Å². The van der Waals surface area contributed by atoms with E-state index in [1.807, 2.05) is 18.2 Å². The predicted molar refractivity (Wildman–Crippen MR) is 85.7 cm³/mol. The van der Waals surface area contributed by atoms with Crippen molar-refractivity contribution in [3.05, 3.63) is 34.2 Å². The standard InChI is InChI=1S/C16H23N3O3/c1-12(2)10-22-7-3-6-19(11-20)9-13-4-5-14-15(8-13)18-16(21)17-14/h4-5,8,11-12H,3,6-7,9-10H2,1-2H3,(H2,17,18,21). The second-order valence-electron chi connectivity index (χ2n) is 5.86. The molecule has 6 nitrogen and oxygen atoms in total. The van der Waals surface area contributed by atoms with E-state index in [1.54, 1.807) is 4.90 Å². The Bertz CT molecular complexity index is 660. The molecule has 0 spiro atoms. The first-order chi connectivity index (χ1) is 10.6. The van der Waals surface area contributed by atoms with Crippen LogP contribution in [0.4, 0.5) is 0 Å².